The first-order valence-corrected chi connectivity index (χ1v) is 12.5. The summed E-state index contributed by atoms with van der Waals surface area (Å²) in [6, 6.07) is 23.4. The Morgan fingerprint density at radius 3 is 2.19 bits per heavy atom. The number of hydrogen-bond acceptors (Lipinski definition) is 4. The van der Waals surface area contributed by atoms with Gasteiger partial charge in [-0.2, -0.15) is 0 Å². The molecule has 0 bridgehead atoms. The zero-order valence-electron chi connectivity index (χ0n) is 20.5. The predicted octanol–water partition coefficient (Wildman–Crippen LogP) is 3.51. The SMILES string of the molecule is Cc1ccc2c(c1C)NC(=O)C21NC(Cc2ccccc2)C2C(=O)N(CCc3ccccc3)C(=O)C21. The summed E-state index contributed by atoms with van der Waals surface area (Å²) in [6.45, 7) is 4.30. The highest BCUT2D eigenvalue weighted by Gasteiger charge is 2.70. The molecule has 36 heavy (non-hydrogen) atoms. The lowest BCUT2D eigenvalue weighted by Crippen LogP contribution is -2.53. The Hall–Kier alpha value is -3.77. The van der Waals surface area contributed by atoms with Crippen LogP contribution in [0.25, 0.3) is 0 Å². The summed E-state index contributed by atoms with van der Waals surface area (Å²) in [6.07, 6.45) is 1.14. The number of amides is 3. The summed E-state index contributed by atoms with van der Waals surface area (Å²) in [7, 11) is 0. The largest absolute Gasteiger partial charge is 0.324 e. The predicted molar refractivity (Wildman–Crippen MR) is 137 cm³/mol. The molecule has 2 saturated heterocycles. The second kappa shape index (κ2) is 8.42. The van der Waals surface area contributed by atoms with E-state index in [1.54, 1.807) is 0 Å². The van der Waals surface area contributed by atoms with E-state index in [-0.39, 0.29) is 23.8 Å². The minimum absolute atomic E-state index is 0.184. The summed E-state index contributed by atoms with van der Waals surface area (Å²) in [4.78, 5) is 42.9. The normalized spacial score (nSPS) is 26.4. The highest BCUT2D eigenvalue weighted by atomic mass is 16.2. The van der Waals surface area contributed by atoms with Crippen molar-refractivity contribution in [2.24, 2.45) is 11.8 Å². The van der Waals surface area contributed by atoms with Gasteiger partial charge in [0, 0.05) is 23.8 Å². The summed E-state index contributed by atoms with van der Waals surface area (Å²) >= 11 is 0. The maximum Gasteiger partial charge on any atom is 0.250 e. The van der Waals surface area contributed by atoms with Crippen LogP contribution in [-0.4, -0.2) is 35.2 Å². The standard InChI is InChI=1S/C30H29N3O3/c1-18-13-14-22-26(19(18)2)31-29(36)30(22)25-24(23(32-30)17-21-11-7-4-8-12-21)27(34)33(28(25)35)16-15-20-9-5-3-6-10-20/h3-14,23-25,32H,15-17H2,1-2H3,(H,31,36). The molecule has 0 aliphatic carbocycles. The number of hydrogen-bond donors (Lipinski definition) is 2. The molecule has 182 valence electrons. The number of fused-ring (bicyclic) bond motifs is 4. The lowest BCUT2D eigenvalue weighted by atomic mass is 9.75. The third-order valence-corrected chi connectivity index (χ3v) is 8.28. The van der Waals surface area contributed by atoms with Gasteiger partial charge in [-0.05, 0) is 48.9 Å². The van der Waals surface area contributed by atoms with Crippen LogP contribution >= 0.6 is 0 Å². The summed E-state index contributed by atoms with van der Waals surface area (Å²) in [5.41, 5.74) is 4.46. The molecule has 2 fully saturated rings. The maximum atomic E-state index is 14.0. The van der Waals surface area contributed by atoms with Crippen LogP contribution in [0.5, 0.6) is 0 Å². The Bertz CT molecular complexity index is 1370. The highest BCUT2D eigenvalue weighted by molar-refractivity contribution is 6.15. The smallest absolute Gasteiger partial charge is 0.250 e. The zero-order chi connectivity index (χ0) is 25.0. The molecule has 6 heteroatoms. The van der Waals surface area contributed by atoms with E-state index >= 15 is 0 Å². The molecule has 3 amide bonds. The number of rotatable bonds is 5. The van der Waals surface area contributed by atoms with E-state index in [0.29, 0.717) is 19.4 Å². The van der Waals surface area contributed by atoms with E-state index in [4.69, 9.17) is 0 Å². The second-order valence-corrected chi connectivity index (χ2v) is 10.2. The molecule has 4 unspecified atom stereocenters. The monoisotopic (exact) mass is 479 g/mol. The number of aryl methyl sites for hydroxylation is 1. The topological polar surface area (TPSA) is 78.5 Å². The molecule has 2 N–H and O–H groups in total. The van der Waals surface area contributed by atoms with E-state index in [1.807, 2.05) is 86.6 Å². The third kappa shape index (κ3) is 3.24. The van der Waals surface area contributed by atoms with Gasteiger partial charge in [0.15, 0.2) is 0 Å². The fraction of sp³-hybridized carbons (Fsp3) is 0.300. The lowest BCUT2D eigenvalue weighted by Gasteiger charge is -2.29. The van der Waals surface area contributed by atoms with Gasteiger partial charge in [-0.1, -0.05) is 72.8 Å². The molecular weight excluding hydrogens is 450 g/mol. The van der Waals surface area contributed by atoms with Crippen LogP contribution < -0.4 is 10.6 Å². The summed E-state index contributed by atoms with van der Waals surface area (Å²) in [5, 5.41) is 6.61. The van der Waals surface area contributed by atoms with Gasteiger partial charge < -0.3 is 5.32 Å². The van der Waals surface area contributed by atoms with Crippen LogP contribution in [0.4, 0.5) is 5.69 Å². The van der Waals surface area contributed by atoms with Crippen LogP contribution in [0, 0.1) is 25.7 Å². The Morgan fingerprint density at radius 1 is 0.833 bits per heavy atom. The van der Waals surface area contributed by atoms with Crippen molar-refractivity contribution in [1.29, 1.82) is 0 Å². The van der Waals surface area contributed by atoms with E-state index < -0.39 is 17.4 Å². The first kappa shape index (κ1) is 22.7. The van der Waals surface area contributed by atoms with Crippen LogP contribution in [0.3, 0.4) is 0 Å². The Labute approximate surface area is 210 Å². The van der Waals surface area contributed by atoms with Crippen molar-refractivity contribution < 1.29 is 14.4 Å². The first-order valence-electron chi connectivity index (χ1n) is 12.5. The van der Waals surface area contributed by atoms with Gasteiger partial charge in [0.2, 0.25) is 17.7 Å². The Balaban J connectivity index is 1.42. The zero-order valence-corrected chi connectivity index (χ0v) is 20.5. The number of carbonyl (C=O) groups is 3. The molecule has 3 aliphatic heterocycles. The van der Waals surface area contributed by atoms with Crippen molar-refractivity contribution >= 4 is 23.4 Å². The number of anilines is 1. The lowest BCUT2D eigenvalue weighted by molar-refractivity contribution is -0.142. The van der Waals surface area contributed by atoms with Gasteiger partial charge in [-0.3, -0.25) is 24.6 Å². The highest BCUT2D eigenvalue weighted by Crippen LogP contribution is 2.54. The summed E-state index contributed by atoms with van der Waals surface area (Å²) < 4.78 is 0. The molecule has 3 aliphatic rings. The second-order valence-electron chi connectivity index (χ2n) is 10.2. The molecule has 6 nitrogen and oxygen atoms in total. The number of nitrogens with zero attached hydrogens (tertiary/aromatic N) is 1. The van der Waals surface area contributed by atoms with E-state index in [2.05, 4.69) is 10.6 Å². The van der Waals surface area contributed by atoms with Gasteiger partial charge in [0.1, 0.15) is 5.54 Å². The average molecular weight is 480 g/mol. The molecule has 3 aromatic carbocycles. The number of nitrogens with one attached hydrogen (secondary N) is 2. The van der Waals surface area contributed by atoms with E-state index in [9.17, 15) is 14.4 Å². The van der Waals surface area contributed by atoms with Crippen LogP contribution in [0.1, 0.15) is 27.8 Å². The average Bonchev–Trinajstić information content (AvgIpc) is 3.46. The first-order chi connectivity index (χ1) is 17.4. The van der Waals surface area contributed by atoms with Gasteiger partial charge in [-0.25, -0.2) is 0 Å². The molecule has 3 aromatic rings. The maximum absolute atomic E-state index is 14.0. The molecule has 3 heterocycles. The van der Waals surface area contributed by atoms with Crippen molar-refractivity contribution in [3.63, 3.8) is 0 Å². The quantitative estimate of drug-likeness (QED) is 0.549. The van der Waals surface area contributed by atoms with E-state index in [1.165, 1.54) is 4.90 Å². The van der Waals surface area contributed by atoms with Gasteiger partial charge in [-0.15, -0.1) is 0 Å². The number of likely N-dealkylation sites (tertiary alicyclic amines) is 1. The molecule has 0 aromatic heterocycles. The summed E-state index contributed by atoms with van der Waals surface area (Å²) in [5.74, 6) is -2.08. The van der Waals surface area contributed by atoms with E-state index in [0.717, 1.165) is 33.5 Å². The number of carbonyl (C=O) groups excluding carboxylic acids is 3. The fourth-order valence-electron chi connectivity index (χ4n) is 6.33. The minimum atomic E-state index is -1.26. The number of benzene rings is 3. The molecule has 0 radical (unpaired) electrons. The fourth-order valence-corrected chi connectivity index (χ4v) is 6.33. The van der Waals surface area contributed by atoms with Crippen molar-refractivity contribution in [1.82, 2.24) is 10.2 Å². The molecule has 0 saturated carbocycles. The van der Waals surface area contributed by atoms with Crippen molar-refractivity contribution in [2.45, 2.75) is 38.3 Å². The Kier molecular flexibility index (Phi) is 5.30. The molecule has 6 rings (SSSR count). The minimum Gasteiger partial charge on any atom is -0.324 e. The molecular formula is C30H29N3O3. The molecule has 4 atom stereocenters. The van der Waals surface area contributed by atoms with Gasteiger partial charge >= 0.3 is 0 Å². The van der Waals surface area contributed by atoms with Gasteiger partial charge in [0.25, 0.3) is 0 Å². The van der Waals surface area contributed by atoms with Crippen LogP contribution in [0.15, 0.2) is 72.8 Å². The van der Waals surface area contributed by atoms with Crippen molar-refractivity contribution in [3.05, 3.63) is 101 Å². The van der Waals surface area contributed by atoms with Gasteiger partial charge in [0.05, 0.1) is 11.8 Å². The third-order valence-electron chi connectivity index (χ3n) is 8.28. The van der Waals surface area contributed by atoms with Crippen LogP contribution in [0.2, 0.25) is 0 Å². The molecule has 1 spiro atoms. The van der Waals surface area contributed by atoms with Crippen molar-refractivity contribution in [3.8, 4) is 0 Å². The van der Waals surface area contributed by atoms with Crippen LogP contribution in [-0.2, 0) is 32.8 Å². The number of imide groups is 1. The van der Waals surface area contributed by atoms with Crippen molar-refractivity contribution in [2.75, 3.05) is 11.9 Å². The Morgan fingerprint density at radius 2 is 1.50 bits per heavy atom.